The standard InChI is InChI=1S/C23H29.C8H5F3.C5H5.Zr/c1-14-9-16-11-17-10-15(2)21(23(6,7)8)13-19(17)18(16)12-20(14)22(3,4)5;1-6-3-2-4-7(5-6)8(9,10)11;1-2-4-5-3-1;/h9-13H,1-8H3;1-5H;1-5H;/q-1;;-1;+2. The van der Waals surface area contributed by atoms with E-state index in [4.69, 9.17) is 0 Å². The van der Waals surface area contributed by atoms with Crippen LogP contribution in [0, 0.1) is 13.8 Å². The van der Waals surface area contributed by atoms with Gasteiger partial charge in [0.2, 0.25) is 0 Å². The van der Waals surface area contributed by atoms with Crippen LogP contribution in [0.15, 0.2) is 84.9 Å². The number of benzene rings is 3. The van der Waals surface area contributed by atoms with Crippen LogP contribution in [0.25, 0.3) is 21.5 Å². The number of hydrogen-bond donors (Lipinski definition) is 0. The second kappa shape index (κ2) is 12.5. The summed E-state index contributed by atoms with van der Waals surface area (Å²) >= 11 is 1.10. The number of aryl methyl sites for hydroxylation is 2. The van der Waals surface area contributed by atoms with Crippen molar-refractivity contribution in [1.82, 2.24) is 0 Å². The zero-order valence-corrected chi connectivity index (χ0v) is 27.3. The van der Waals surface area contributed by atoms with Gasteiger partial charge in [0.1, 0.15) is 0 Å². The fraction of sp³-hybridized carbons (Fsp3) is 0.306. The molecule has 208 valence electrons. The van der Waals surface area contributed by atoms with Gasteiger partial charge in [0.05, 0.1) is 0 Å². The average Bonchev–Trinajstić information content (AvgIpc) is 3.53. The van der Waals surface area contributed by atoms with Gasteiger partial charge in [-0.1, -0.05) is 75.9 Å². The van der Waals surface area contributed by atoms with E-state index in [1.807, 2.05) is 30.3 Å². The van der Waals surface area contributed by atoms with Crippen molar-refractivity contribution in [2.45, 2.75) is 72.4 Å². The van der Waals surface area contributed by atoms with E-state index in [2.05, 4.69) is 85.7 Å². The van der Waals surface area contributed by atoms with Crippen LogP contribution in [0.2, 0.25) is 0 Å². The maximum Gasteiger partial charge on any atom is -0.172 e. The van der Waals surface area contributed by atoms with Crippen molar-refractivity contribution in [3.05, 3.63) is 118 Å². The largest absolute Gasteiger partial charge is 0.214 e. The average molecular weight is 620 g/mol. The van der Waals surface area contributed by atoms with E-state index in [1.54, 1.807) is 9.78 Å². The van der Waals surface area contributed by atoms with Gasteiger partial charge in [-0.15, -0.1) is 39.7 Å². The number of hydrogen-bond acceptors (Lipinski definition) is 0. The molecule has 5 aromatic carbocycles. The molecule has 0 nitrogen and oxygen atoms in total. The Morgan fingerprint density at radius 3 is 1.50 bits per heavy atom. The molecule has 0 fully saturated rings. The Kier molecular flexibility index (Phi) is 10.00. The van der Waals surface area contributed by atoms with Crippen LogP contribution < -0.4 is 0 Å². The van der Waals surface area contributed by atoms with Crippen molar-refractivity contribution in [3.63, 3.8) is 0 Å². The van der Waals surface area contributed by atoms with E-state index in [9.17, 15) is 13.2 Å². The first-order chi connectivity index (χ1) is 18.5. The molecule has 0 aliphatic carbocycles. The summed E-state index contributed by atoms with van der Waals surface area (Å²) in [6.45, 7) is 18.3. The van der Waals surface area contributed by atoms with E-state index in [-0.39, 0.29) is 10.8 Å². The van der Waals surface area contributed by atoms with Crippen molar-refractivity contribution in [2.24, 2.45) is 0 Å². The number of halogens is 3. The maximum atomic E-state index is 12.1. The van der Waals surface area contributed by atoms with E-state index >= 15 is 0 Å². The molecule has 0 saturated carbocycles. The molecular weight excluding hydrogens is 581 g/mol. The third-order valence-electron chi connectivity index (χ3n) is 6.95. The third kappa shape index (κ3) is 8.00. The second-order valence-corrected chi connectivity index (χ2v) is 13.1. The van der Waals surface area contributed by atoms with Gasteiger partial charge in [-0.2, -0.15) is 18.2 Å². The van der Waals surface area contributed by atoms with Crippen LogP contribution >= 0.6 is 0 Å². The van der Waals surface area contributed by atoms with Gasteiger partial charge >= 0.3 is 82.7 Å². The predicted molar refractivity (Wildman–Crippen MR) is 163 cm³/mol. The second-order valence-electron chi connectivity index (χ2n) is 12.4. The Labute approximate surface area is 252 Å². The number of alkyl halides is 3. The molecule has 0 unspecified atom stereocenters. The fourth-order valence-corrected chi connectivity index (χ4v) is 5.52. The molecule has 0 radical (unpaired) electrons. The molecule has 5 aromatic rings. The first-order valence-corrected chi connectivity index (χ1v) is 14.9. The summed E-state index contributed by atoms with van der Waals surface area (Å²) in [6.07, 6.45) is -4.23. The number of rotatable bonds is 1. The summed E-state index contributed by atoms with van der Waals surface area (Å²) in [5.74, 6) is 0. The van der Waals surface area contributed by atoms with E-state index in [1.165, 1.54) is 49.9 Å². The molecule has 0 bridgehead atoms. The summed E-state index contributed by atoms with van der Waals surface area (Å²) in [7, 11) is 0. The minimum atomic E-state index is -4.23. The zero-order valence-electron chi connectivity index (χ0n) is 24.8. The van der Waals surface area contributed by atoms with Gasteiger partial charge in [0, 0.05) is 0 Å². The molecule has 0 amide bonds. The smallest absolute Gasteiger partial charge is 0.172 e. The van der Waals surface area contributed by atoms with E-state index in [0.29, 0.717) is 5.56 Å². The van der Waals surface area contributed by atoms with Crippen LogP contribution in [-0.4, -0.2) is 3.71 Å². The Morgan fingerprint density at radius 2 is 1.15 bits per heavy atom. The van der Waals surface area contributed by atoms with Crippen molar-refractivity contribution in [1.29, 1.82) is 0 Å². The minimum absolute atomic E-state index is 0.180. The van der Waals surface area contributed by atoms with Gasteiger partial charge in [0.15, 0.2) is 0 Å². The molecule has 0 aromatic heterocycles. The summed E-state index contributed by atoms with van der Waals surface area (Å²) in [5, 5.41) is 5.55. The van der Waals surface area contributed by atoms with Crippen LogP contribution in [0.3, 0.4) is 0 Å². The molecule has 0 saturated heterocycles. The molecular formula is C36H39F3Zr. The van der Waals surface area contributed by atoms with Gasteiger partial charge < -0.3 is 0 Å². The predicted octanol–water partition coefficient (Wildman–Crippen LogP) is 10.7. The fourth-order valence-electron chi connectivity index (χ4n) is 5.07. The maximum absolute atomic E-state index is 12.1. The molecule has 40 heavy (non-hydrogen) atoms. The monoisotopic (exact) mass is 618 g/mol. The van der Waals surface area contributed by atoms with Gasteiger partial charge in [-0.3, -0.25) is 0 Å². The summed E-state index contributed by atoms with van der Waals surface area (Å²) in [5.41, 5.74) is 6.10. The van der Waals surface area contributed by atoms with Crippen molar-refractivity contribution in [3.8, 4) is 0 Å². The van der Waals surface area contributed by atoms with Gasteiger partial charge in [0.25, 0.3) is 0 Å². The summed E-state index contributed by atoms with van der Waals surface area (Å²) in [6, 6.07) is 27.2. The number of fused-ring (bicyclic) bond motifs is 3. The van der Waals surface area contributed by atoms with Crippen LogP contribution in [-0.2, 0) is 41.2 Å². The Balaban J connectivity index is 0.000000214. The van der Waals surface area contributed by atoms with Gasteiger partial charge in [-0.25, -0.2) is 12.1 Å². The first-order valence-electron chi connectivity index (χ1n) is 13.5. The zero-order chi connectivity index (χ0) is 29.9. The Hall–Kier alpha value is -2.58. The molecule has 4 heteroatoms. The molecule has 5 rings (SSSR count). The van der Waals surface area contributed by atoms with Gasteiger partial charge in [-0.05, 0) is 24.7 Å². The van der Waals surface area contributed by atoms with E-state index < -0.39 is 11.7 Å². The molecule has 0 N–H and O–H groups in total. The topological polar surface area (TPSA) is 0 Å². The SMILES string of the molecule is Cc1cc2[cH-]c3cc(C)c(C(C)(C)C)cc3c2cc1C(C)(C)C.FC(F)(F)c1cccc([CH]=[Zr+2])c1.c1cc[cH-]c1. The molecule has 0 atom stereocenters. The summed E-state index contributed by atoms with van der Waals surface area (Å²) in [4.78, 5) is 0. The van der Waals surface area contributed by atoms with Crippen molar-refractivity contribution in [2.75, 3.05) is 0 Å². The van der Waals surface area contributed by atoms with Crippen molar-refractivity contribution < 1.29 is 37.4 Å². The minimum Gasteiger partial charge on any atom is -0.214 e. The molecule has 0 aliphatic heterocycles. The molecule has 0 heterocycles. The molecule has 0 spiro atoms. The Bertz CT molecular complexity index is 1480. The normalized spacial score (nSPS) is 12.0. The van der Waals surface area contributed by atoms with E-state index in [0.717, 1.165) is 36.4 Å². The van der Waals surface area contributed by atoms with Crippen molar-refractivity contribution >= 4 is 25.3 Å². The van der Waals surface area contributed by atoms with Crippen LogP contribution in [0.5, 0.6) is 0 Å². The molecule has 0 aliphatic rings. The quantitative estimate of drug-likeness (QED) is 0.164. The van der Waals surface area contributed by atoms with Crippen LogP contribution in [0.1, 0.15) is 74.9 Å². The summed E-state index contributed by atoms with van der Waals surface area (Å²) < 4.78 is 38.0. The Morgan fingerprint density at radius 1 is 0.675 bits per heavy atom. The first kappa shape index (κ1) is 31.9. The third-order valence-corrected chi connectivity index (χ3v) is 7.77. The van der Waals surface area contributed by atoms with Crippen LogP contribution in [0.4, 0.5) is 13.2 Å².